The summed E-state index contributed by atoms with van der Waals surface area (Å²) in [6, 6.07) is 13.1. The third kappa shape index (κ3) is 2.82. The van der Waals surface area contributed by atoms with Crippen LogP contribution in [0.2, 0.25) is 0 Å². The third-order valence-corrected chi connectivity index (χ3v) is 2.98. The van der Waals surface area contributed by atoms with Crippen molar-refractivity contribution in [2.75, 3.05) is 6.61 Å². The zero-order valence-corrected chi connectivity index (χ0v) is 11.4. The highest BCUT2D eigenvalue weighted by Crippen LogP contribution is 2.28. The second-order valence-electron chi connectivity index (χ2n) is 4.73. The maximum absolute atomic E-state index is 5.74. The van der Waals surface area contributed by atoms with Gasteiger partial charge in [0.15, 0.2) is 0 Å². The molecule has 0 spiro atoms. The molecule has 2 rings (SSSR count). The van der Waals surface area contributed by atoms with Gasteiger partial charge in [0.2, 0.25) is 0 Å². The van der Waals surface area contributed by atoms with Crippen molar-refractivity contribution in [1.29, 1.82) is 0 Å². The average Bonchev–Trinajstić information content (AvgIpc) is 2.37. The maximum Gasteiger partial charge on any atom is 0.124 e. The van der Waals surface area contributed by atoms with Gasteiger partial charge in [-0.05, 0) is 23.8 Å². The number of fused-ring (bicyclic) bond motifs is 1. The third-order valence-electron chi connectivity index (χ3n) is 2.98. The Balaban J connectivity index is 2.44. The Bertz CT molecular complexity index is 519. The summed E-state index contributed by atoms with van der Waals surface area (Å²) in [6.07, 6.45) is 0. The Morgan fingerprint density at radius 2 is 1.89 bits per heavy atom. The summed E-state index contributed by atoms with van der Waals surface area (Å²) in [6.45, 7) is 7.88. The fraction of sp³-hybridized carbons (Fsp3) is 0.375. The molecule has 96 valence electrons. The second-order valence-corrected chi connectivity index (χ2v) is 4.73. The second kappa shape index (κ2) is 5.87. The molecule has 0 unspecified atom stereocenters. The van der Waals surface area contributed by atoms with Crippen LogP contribution in [0.15, 0.2) is 36.4 Å². The number of benzene rings is 2. The molecule has 2 heteroatoms. The van der Waals surface area contributed by atoms with E-state index in [9.17, 15) is 0 Å². The molecule has 0 aliphatic rings. The molecule has 0 radical (unpaired) electrons. The van der Waals surface area contributed by atoms with Crippen LogP contribution in [0.1, 0.15) is 26.3 Å². The first-order valence-electron chi connectivity index (χ1n) is 6.59. The molecule has 0 fully saturated rings. The van der Waals surface area contributed by atoms with Gasteiger partial charge in [0, 0.05) is 18.2 Å². The topological polar surface area (TPSA) is 21.3 Å². The zero-order chi connectivity index (χ0) is 13.0. The van der Waals surface area contributed by atoms with Crippen molar-refractivity contribution in [2.24, 2.45) is 0 Å². The van der Waals surface area contributed by atoms with E-state index in [0.717, 1.165) is 12.3 Å². The van der Waals surface area contributed by atoms with E-state index in [1.165, 1.54) is 16.3 Å². The Morgan fingerprint density at radius 1 is 1.11 bits per heavy atom. The smallest absolute Gasteiger partial charge is 0.124 e. The minimum Gasteiger partial charge on any atom is -0.494 e. The summed E-state index contributed by atoms with van der Waals surface area (Å²) in [7, 11) is 0. The minimum atomic E-state index is 0.471. The van der Waals surface area contributed by atoms with Crippen molar-refractivity contribution in [3.63, 3.8) is 0 Å². The fourth-order valence-electron chi connectivity index (χ4n) is 2.10. The van der Waals surface area contributed by atoms with Crippen molar-refractivity contribution in [2.45, 2.75) is 33.4 Å². The molecule has 0 aliphatic carbocycles. The lowest BCUT2D eigenvalue weighted by molar-refractivity contribution is 0.335. The Labute approximate surface area is 109 Å². The van der Waals surface area contributed by atoms with Crippen LogP contribution in [-0.4, -0.2) is 12.6 Å². The molecule has 0 saturated carbocycles. The van der Waals surface area contributed by atoms with Crippen molar-refractivity contribution >= 4 is 10.8 Å². The highest BCUT2D eigenvalue weighted by Gasteiger charge is 2.08. The Morgan fingerprint density at radius 3 is 2.61 bits per heavy atom. The standard InChI is InChI=1S/C16H21NO/c1-4-18-16-10-9-13-7-5-6-8-14(13)15(16)11-17-12(2)3/h5-10,12,17H,4,11H2,1-3H3. The van der Waals surface area contributed by atoms with Gasteiger partial charge in [-0.15, -0.1) is 0 Å². The first-order chi connectivity index (χ1) is 8.72. The first kappa shape index (κ1) is 12.9. The number of hydrogen-bond acceptors (Lipinski definition) is 2. The van der Waals surface area contributed by atoms with Gasteiger partial charge in [0.05, 0.1) is 6.61 Å². The van der Waals surface area contributed by atoms with Crippen molar-refractivity contribution < 1.29 is 4.74 Å². The van der Waals surface area contributed by atoms with Gasteiger partial charge in [-0.2, -0.15) is 0 Å². The summed E-state index contributed by atoms with van der Waals surface area (Å²) in [5.74, 6) is 0.990. The quantitative estimate of drug-likeness (QED) is 0.863. The highest BCUT2D eigenvalue weighted by atomic mass is 16.5. The van der Waals surface area contributed by atoms with Crippen LogP contribution in [0.4, 0.5) is 0 Å². The summed E-state index contributed by atoms with van der Waals surface area (Å²) in [5.41, 5.74) is 1.25. The molecule has 1 N–H and O–H groups in total. The average molecular weight is 243 g/mol. The van der Waals surface area contributed by atoms with Gasteiger partial charge in [0.25, 0.3) is 0 Å². The first-order valence-corrected chi connectivity index (χ1v) is 6.59. The van der Waals surface area contributed by atoms with Crippen LogP contribution in [0, 0.1) is 0 Å². The van der Waals surface area contributed by atoms with Crippen LogP contribution in [0.3, 0.4) is 0 Å². The van der Waals surface area contributed by atoms with Crippen LogP contribution < -0.4 is 10.1 Å². The van der Waals surface area contributed by atoms with Gasteiger partial charge in [-0.1, -0.05) is 44.2 Å². The predicted molar refractivity (Wildman–Crippen MR) is 77.1 cm³/mol. The lowest BCUT2D eigenvalue weighted by Crippen LogP contribution is -2.22. The lowest BCUT2D eigenvalue weighted by atomic mass is 10.0. The van der Waals surface area contributed by atoms with Crippen molar-refractivity contribution in [1.82, 2.24) is 5.32 Å². The van der Waals surface area contributed by atoms with Crippen LogP contribution in [-0.2, 0) is 6.54 Å². The molecule has 2 aromatic carbocycles. The van der Waals surface area contributed by atoms with Crippen molar-refractivity contribution in [3.05, 3.63) is 42.0 Å². The van der Waals surface area contributed by atoms with E-state index in [1.54, 1.807) is 0 Å². The Hall–Kier alpha value is -1.54. The van der Waals surface area contributed by atoms with E-state index in [0.29, 0.717) is 12.6 Å². The normalized spacial score (nSPS) is 11.1. The van der Waals surface area contributed by atoms with Crippen LogP contribution in [0.5, 0.6) is 5.75 Å². The largest absolute Gasteiger partial charge is 0.494 e. The number of hydrogen-bond donors (Lipinski definition) is 1. The lowest BCUT2D eigenvalue weighted by Gasteiger charge is -2.15. The monoisotopic (exact) mass is 243 g/mol. The number of rotatable bonds is 5. The van der Waals surface area contributed by atoms with E-state index in [4.69, 9.17) is 4.74 Å². The molecule has 0 aromatic heterocycles. The molecular formula is C16H21NO. The van der Waals surface area contributed by atoms with Crippen LogP contribution in [0.25, 0.3) is 10.8 Å². The molecule has 18 heavy (non-hydrogen) atoms. The molecule has 2 aromatic rings. The van der Waals surface area contributed by atoms with Crippen molar-refractivity contribution in [3.8, 4) is 5.75 Å². The van der Waals surface area contributed by atoms with E-state index in [1.807, 2.05) is 6.92 Å². The maximum atomic E-state index is 5.74. The zero-order valence-electron chi connectivity index (χ0n) is 11.4. The van der Waals surface area contributed by atoms with Gasteiger partial charge in [-0.25, -0.2) is 0 Å². The predicted octanol–water partition coefficient (Wildman–Crippen LogP) is 3.74. The van der Waals surface area contributed by atoms with Gasteiger partial charge < -0.3 is 10.1 Å². The van der Waals surface area contributed by atoms with Crippen LogP contribution >= 0.6 is 0 Å². The van der Waals surface area contributed by atoms with E-state index < -0.39 is 0 Å². The van der Waals surface area contributed by atoms with E-state index >= 15 is 0 Å². The molecule has 0 amide bonds. The molecular weight excluding hydrogens is 222 g/mol. The molecule has 0 heterocycles. The number of nitrogens with one attached hydrogen (secondary N) is 1. The molecule has 0 atom stereocenters. The molecule has 0 bridgehead atoms. The fourth-order valence-corrected chi connectivity index (χ4v) is 2.10. The molecule has 0 saturated heterocycles. The summed E-state index contributed by atoms with van der Waals surface area (Å²) in [4.78, 5) is 0. The molecule has 0 aliphatic heterocycles. The summed E-state index contributed by atoms with van der Waals surface area (Å²) >= 11 is 0. The molecule has 2 nitrogen and oxygen atoms in total. The SMILES string of the molecule is CCOc1ccc2ccccc2c1CNC(C)C. The summed E-state index contributed by atoms with van der Waals surface area (Å²) < 4.78 is 5.74. The number of ether oxygens (including phenoxy) is 1. The minimum absolute atomic E-state index is 0.471. The van der Waals surface area contributed by atoms with E-state index in [-0.39, 0.29) is 0 Å². The highest BCUT2D eigenvalue weighted by molar-refractivity contribution is 5.87. The van der Waals surface area contributed by atoms with Gasteiger partial charge in [0.1, 0.15) is 5.75 Å². The van der Waals surface area contributed by atoms with Gasteiger partial charge in [-0.3, -0.25) is 0 Å². The Kier molecular flexibility index (Phi) is 4.21. The summed E-state index contributed by atoms with van der Waals surface area (Å²) in [5, 5.41) is 6.01. The van der Waals surface area contributed by atoms with E-state index in [2.05, 4.69) is 55.6 Å². The van der Waals surface area contributed by atoms with Gasteiger partial charge >= 0.3 is 0 Å².